The second kappa shape index (κ2) is 9.11. The molecule has 186 valence electrons. The highest BCUT2D eigenvalue weighted by Crippen LogP contribution is 2.51. The van der Waals surface area contributed by atoms with Gasteiger partial charge in [0.1, 0.15) is 11.9 Å². The SMILES string of the molecule is C[C@H]1C(=O)C(C#N)=C[C@@]2(C)c3nc(-c4ccc(-c5ccccc5)nc4)nc(-c4ccccc4F)c3CC[C@H]12. The van der Waals surface area contributed by atoms with E-state index in [4.69, 9.17) is 9.97 Å². The molecule has 5 nitrogen and oxygen atoms in total. The van der Waals surface area contributed by atoms with Gasteiger partial charge in [-0.3, -0.25) is 9.78 Å². The first kappa shape index (κ1) is 23.9. The number of allylic oxidation sites excluding steroid dienone is 2. The van der Waals surface area contributed by atoms with Crippen molar-refractivity contribution in [1.82, 2.24) is 15.0 Å². The molecule has 0 fully saturated rings. The quantitative estimate of drug-likeness (QED) is 0.321. The van der Waals surface area contributed by atoms with Gasteiger partial charge >= 0.3 is 0 Å². The van der Waals surface area contributed by atoms with Crippen LogP contribution in [0, 0.1) is 29.0 Å². The van der Waals surface area contributed by atoms with Crippen molar-refractivity contribution in [3.8, 4) is 40.0 Å². The minimum atomic E-state index is -0.666. The van der Waals surface area contributed by atoms with Gasteiger partial charge in [-0.1, -0.05) is 62.4 Å². The molecule has 2 aliphatic carbocycles. The molecule has 2 aliphatic rings. The third kappa shape index (κ3) is 3.74. The second-order valence-corrected chi connectivity index (χ2v) is 10.3. The average Bonchev–Trinajstić information content (AvgIpc) is 2.95. The summed E-state index contributed by atoms with van der Waals surface area (Å²) in [6.07, 6.45) is 4.86. The van der Waals surface area contributed by atoms with Crippen LogP contribution in [0.2, 0.25) is 0 Å². The van der Waals surface area contributed by atoms with Crippen LogP contribution in [0.1, 0.15) is 31.5 Å². The predicted molar refractivity (Wildman–Crippen MR) is 143 cm³/mol. The van der Waals surface area contributed by atoms with Crippen LogP contribution in [0.25, 0.3) is 33.9 Å². The normalized spacial score (nSPS) is 22.2. The lowest BCUT2D eigenvalue weighted by Gasteiger charge is -2.45. The number of pyridine rings is 1. The molecule has 0 radical (unpaired) electrons. The van der Waals surface area contributed by atoms with Gasteiger partial charge in [-0.2, -0.15) is 5.26 Å². The van der Waals surface area contributed by atoms with E-state index in [9.17, 15) is 10.1 Å². The molecule has 0 spiro atoms. The topological polar surface area (TPSA) is 79.5 Å². The van der Waals surface area contributed by atoms with Crippen LogP contribution in [0.3, 0.4) is 0 Å². The first-order chi connectivity index (χ1) is 18.4. The first-order valence-electron chi connectivity index (χ1n) is 12.8. The summed E-state index contributed by atoms with van der Waals surface area (Å²) in [7, 11) is 0. The predicted octanol–water partition coefficient (Wildman–Crippen LogP) is 6.50. The van der Waals surface area contributed by atoms with E-state index in [1.807, 2.05) is 56.3 Å². The van der Waals surface area contributed by atoms with Crippen LogP contribution in [-0.4, -0.2) is 20.7 Å². The Labute approximate surface area is 220 Å². The van der Waals surface area contributed by atoms with Gasteiger partial charge in [0.25, 0.3) is 0 Å². The second-order valence-electron chi connectivity index (χ2n) is 10.3. The van der Waals surface area contributed by atoms with E-state index in [0.717, 1.165) is 28.9 Å². The Morgan fingerprint density at radius 3 is 2.47 bits per heavy atom. The van der Waals surface area contributed by atoms with Crippen molar-refractivity contribution in [2.75, 3.05) is 0 Å². The Bertz CT molecular complexity index is 1640. The standard InChI is InChI=1S/C32H25FN4O/c1-19-25-14-13-24-28(23-10-6-7-11-26(23)33)36-31(37-30(24)32(25,2)16-22(17-34)29(19)38)21-12-15-27(35-18-21)20-8-4-3-5-9-20/h3-12,15-16,18-19,25H,13-14H2,1-2H3/t19-,25-,32-/m1/s1. The molecule has 0 amide bonds. The van der Waals surface area contributed by atoms with Crippen molar-refractivity contribution in [3.05, 3.63) is 102 Å². The van der Waals surface area contributed by atoms with Gasteiger partial charge in [-0.05, 0) is 43.0 Å². The van der Waals surface area contributed by atoms with Crippen LogP contribution in [0.15, 0.2) is 84.6 Å². The van der Waals surface area contributed by atoms with Crippen LogP contribution >= 0.6 is 0 Å². The molecule has 0 bridgehead atoms. The van der Waals surface area contributed by atoms with Gasteiger partial charge in [0.15, 0.2) is 11.6 Å². The van der Waals surface area contributed by atoms with E-state index in [1.54, 1.807) is 30.5 Å². The van der Waals surface area contributed by atoms with Crippen molar-refractivity contribution in [2.24, 2.45) is 11.8 Å². The monoisotopic (exact) mass is 500 g/mol. The zero-order valence-corrected chi connectivity index (χ0v) is 21.1. The fourth-order valence-corrected chi connectivity index (χ4v) is 6.08. The van der Waals surface area contributed by atoms with E-state index in [0.29, 0.717) is 29.1 Å². The number of benzene rings is 2. The van der Waals surface area contributed by atoms with E-state index < -0.39 is 5.41 Å². The molecule has 6 rings (SSSR count). The summed E-state index contributed by atoms with van der Waals surface area (Å²) in [6, 6.07) is 22.5. The maximum atomic E-state index is 15.1. The average molecular weight is 501 g/mol. The number of ketones is 1. The third-order valence-electron chi connectivity index (χ3n) is 8.06. The molecule has 0 aliphatic heterocycles. The number of nitrogens with zero attached hydrogens (tertiary/aromatic N) is 4. The van der Waals surface area contributed by atoms with Gasteiger partial charge in [-0.15, -0.1) is 0 Å². The van der Waals surface area contributed by atoms with E-state index >= 15 is 4.39 Å². The lowest BCUT2D eigenvalue weighted by Crippen LogP contribution is -2.46. The molecule has 0 N–H and O–H groups in total. The molecule has 4 aromatic rings. The number of aromatic nitrogens is 3. The fraction of sp³-hybridized carbons (Fsp3) is 0.219. The van der Waals surface area contributed by atoms with Crippen LogP contribution < -0.4 is 0 Å². The molecule has 3 atom stereocenters. The Balaban J connectivity index is 1.57. The number of fused-ring (bicyclic) bond motifs is 3. The molecule has 2 aromatic carbocycles. The molecule has 6 heteroatoms. The summed E-state index contributed by atoms with van der Waals surface area (Å²) in [5.41, 5.74) is 4.60. The molecule has 0 unspecified atom stereocenters. The van der Waals surface area contributed by atoms with Crippen molar-refractivity contribution in [2.45, 2.75) is 32.1 Å². The zero-order valence-electron chi connectivity index (χ0n) is 21.1. The highest BCUT2D eigenvalue weighted by molar-refractivity contribution is 6.02. The highest BCUT2D eigenvalue weighted by atomic mass is 19.1. The van der Waals surface area contributed by atoms with E-state index in [2.05, 4.69) is 11.1 Å². The summed E-state index contributed by atoms with van der Waals surface area (Å²) < 4.78 is 15.1. The summed E-state index contributed by atoms with van der Waals surface area (Å²) >= 11 is 0. The molecular formula is C32H25FN4O. The minimum Gasteiger partial charge on any atom is -0.293 e. The number of hydrogen-bond acceptors (Lipinski definition) is 5. The molecule has 38 heavy (non-hydrogen) atoms. The molecule has 2 aromatic heterocycles. The summed E-state index contributed by atoms with van der Waals surface area (Å²) in [5, 5.41) is 9.72. The fourth-order valence-electron chi connectivity index (χ4n) is 6.08. The Morgan fingerprint density at radius 1 is 1.00 bits per heavy atom. The van der Waals surface area contributed by atoms with Gasteiger partial charge in [0.05, 0.1) is 22.7 Å². The zero-order chi connectivity index (χ0) is 26.4. The van der Waals surface area contributed by atoms with Gasteiger partial charge in [-0.25, -0.2) is 14.4 Å². The van der Waals surface area contributed by atoms with Crippen LogP contribution in [0.5, 0.6) is 0 Å². The van der Waals surface area contributed by atoms with Gasteiger partial charge in [0.2, 0.25) is 0 Å². The molecular weight excluding hydrogens is 475 g/mol. The largest absolute Gasteiger partial charge is 0.293 e. The van der Waals surface area contributed by atoms with Crippen molar-refractivity contribution in [1.29, 1.82) is 5.26 Å². The Kier molecular flexibility index (Phi) is 5.72. The lowest BCUT2D eigenvalue weighted by atomic mass is 9.57. The summed E-state index contributed by atoms with van der Waals surface area (Å²) in [5.74, 6) is -0.371. The van der Waals surface area contributed by atoms with Crippen molar-refractivity contribution < 1.29 is 9.18 Å². The number of carbonyl (C=O) groups is 1. The molecule has 0 saturated carbocycles. The first-order valence-corrected chi connectivity index (χ1v) is 12.8. The molecule has 0 saturated heterocycles. The van der Waals surface area contributed by atoms with Crippen LogP contribution in [0.4, 0.5) is 4.39 Å². The Hall–Kier alpha value is -4.50. The Morgan fingerprint density at radius 2 is 1.76 bits per heavy atom. The number of hydrogen-bond donors (Lipinski definition) is 0. The van der Waals surface area contributed by atoms with E-state index in [-0.39, 0.29) is 29.0 Å². The number of Topliss-reactive ketones (excluding diaryl/α,β-unsaturated/α-hetero) is 1. The maximum Gasteiger partial charge on any atom is 0.176 e. The third-order valence-corrected chi connectivity index (χ3v) is 8.06. The lowest BCUT2D eigenvalue weighted by molar-refractivity contribution is -0.121. The maximum absolute atomic E-state index is 15.1. The van der Waals surface area contributed by atoms with Gasteiger partial charge < -0.3 is 0 Å². The number of rotatable bonds is 3. The van der Waals surface area contributed by atoms with Gasteiger partial charge in [0, 0.05) is 39.8 Å². The number of nitriles is 1. The van der Waals surface area contributed by atoms with Crippen LogP contribution in [-0.2, 0) is 16.6 Å². The highest BCUT2D eigenvalue weighted by Gasteiger charge is 2.49. The minimum absolute atomic E-state index is 0.0191. The van der Waals surface area contributed by atoms with Crippen molar-refractivity contribution in [3.63, 3.8) is 0 Å². The smallest absolute Gasteiger partial charge is 0.176 e. The number of halogens is 1. The molecule has 2 heterocycles. The number of carbonyl (C=O) groups excluding carboxylic acids is 1. The van der Waals surface area contributed by atoms with Crippen molar-refractivity contribution >= 4 is 5.78 Å². The van der Waals surface area contributed by atoms with E-state index in [1.165, 1.54) is 6.07 Å². The summed E-state index contributed by atoms with van der Waals surface area (Å²) in [4.78, 5) is 27.4. The summed E-state index contributed by atoms with van der Waals surface area (Å²) in [6.45, 7) is 3.93.